The van der Waals surface area contributed by atoms with Crippen LogP contribution in [0.5, 0.6) is 0 Å². The lowest BCUT2D eigenvalue weighted by molar-refractivity contribution is -0.145. The van der Waals surface area contributed by atoms with E-state index in [1.165, 1.54) is 0 Å². The number of nitrogens with zero attached hydrogens (tertiary/aromatic N) is 1. The Morgan fingerprint density at radius 1 is 1.25 bits per heavy atom. The molecular formula is C13H15NO2. The average Bonchev–Trinajstić information content (AvgIpc) is 2.31. The van der Waals surface area contributed by atoms with Crippen LogP contribution < -0.4 is 0 Å². The number of Topliss-reactive ketones (excluding diaryl/α,β-unsaturated/α-hetero) is 1. The minimum atomic E-state index is -0.461. The normalized spacial score (nSPS) is 21.3. The van der Waals surface area contributed by atoms with Crippen molar-refractivity contribution in [2.24, 2.45) is 5.92 Å². The molecule has 1 fully saturated rings. The van der Waals surface area contributed by atoms with E-state index in [0.29, 0.717) is 19.5 Å². The van der Waals surface area contributed by atoms with Gasteiger partial charge in [0.05, 0.1) is 5.92 Å². The first-order valence-corrected chi connectivity index (χ1v) is 5.54. The topological polar surface area (TPSA) is 37.4 Å². The molecule has 0 spiro atoms. The number of hydrogen-bond acceptors (Lipinski definition) is 2. The van der Waals surface area contributed by atoms with E-state index in [9.17, 15) is 9.59 Å². The van der Waals surface area contributed by atoms with E-state index < -0.39 is 5.92 Å². The van der Waals surface area contributed by atoms with E-state index in [0.717, 1.165) is 5.56 Å². The average molecular weight is 217 g/mol. The molecule has 84 valence electrons. The smallest absolute Gasteiger partial charge is 0.233 e. The van der Waals surface area contributed by atoms with E-state index >= 15 is 0 Å². The molecule has 1 heterocycles. The number of benzene rings is 1. The third kappa shape index (κ3) is 2.13. The van der Waals surface area contributed by atoms with Gasteiger partial charge in [-0.2, -0.15) is 0 Å². The molecule has 3 nitrogen and oxygen atoms in total. The lowest BCUT2D eigenvalue weighted by Gasteiger charge is -2.29. The van der Waals surface area contributed by atoms with E-state index in [4.69, 9.17) is 0 Å². The van der Waals surface area contributed by atoms with Crippen molar-refractivity contribution in [3.05, 3.63) is 35.9 Å². The second-order valence-electron chi connectivity index (χ2n) is 4.18. The van der Waals surface area contributed by atoms with E-state index in [-0.39, 0.29) is 11.7 Å². The third-order valence-corrected chi connectivity index (χ3v) is 3.01. The fourth-order valence-corrected chi connectivity index (χ4v) is 1.94. The zero-order valence-electron chi connectivity index (χ0n) is 9.35. The van der Waals surface area contributed by atoms with Crippen LogP contribution in [0.15, 0.2) is 30.3 Å². The summed E-state index contributed by atoms with van der Waals surface area (Å²) in [4.78, 5) is 25.0. The summed E-state index contributed by atoms with van der Waals surface area (Å²) in [5.74, 6) is -0.438. The van der Waals surface area contributed by atoms with Crippen LogP contribution >= 0.6 is 0 Å². The van der Waals surface area contributed by atoms with E-state index in [1.807, 2.05) is 30.3 Å². The Balaban J connectivity index is 2.06. The molecule has 1 atom stereocenters. The van der Waals surface area contributed by atoms with Crippen LogP contribution in [0.1, 0.15) is 18.9 Å². The van der Waals surface area contributed by atoms with Gasteiger partial charge < -0.3 is 4.90 Å². The van der Waals surface area contributed by atoms with Crippen molar-refractivity contribution in [2.45, 2.75) is 19.9 Å². The minimum absolute atomic E-state index is 0.0416. The van der Waals surface area contributed by atoms with Crippen LogP contribution in [0.3, 0.4) is 0 Å². The largest absolute Gasteiger partial charge is 0.337 e. The monoisotopic (exact) mass is 217 g/mol. The Hall–Kier alpha value is -1.64. The number of ketones is 1. The predicted octanol–water partition coefficient (Wildman–Crippen LogP) is 1.62. The van der Waals surface area contributed by atoms with E-state index in [1.54, 1.807) is 11.8 Å². The van der Waals surface area contributed by atoms with E-state index in [2.05, 4.69) is 0 Å². The molecule has 1 aromatic rings. The summed E-state index contributed by atoms with van der Waals surface area (Å²) in [5, 5.41) is 0. The predicted molar refractivity (Wildman–Crippen MR) is 60.6 cm³/mol. The van der Waals surface area contributed by atoms with Gasteiger partial charge in [-0.15, -0.1) is 0 Å². The summed E-state index contributed by atoms with van der Waals surface area (Å²) < 4.78 is 0. The maximum atomic E-state index is 11.8. The van der Waals surface area contributed by atoms with Crippen molar-refractivity contribution in [2.75, 3.05) is 6.54 Å². The molecule has 2 rings (SSSR count). The summed E-state index contributed by atoms with van der Waals surface area (Å²) in [6.07, 6.45) is 0.486. The molecular weight excluding hydrogens is 202 g/mol. The van der Waals surface area contributed by atoms with Gasteiger partial charge in [0.2, 0.25) is 5.91 Å². The number of piperidine rings is 1. The zero-order valence-corrected chi connectivity index (χ0v) is 9.35. The van der Waals surface area contributed by atoms with Gasteiger partial charge in [-0.05, 0) is 12.5 Å². The first-order chi connectivity index (χ1) is 7.68. The zero-order chi connectivity index (χ0) is 11.5. The van der Waals surface area contributed by atoms with Crippen LogP contribution in [0.2, 0.25) is 0 Å². The van der Waals surface area contributed by atoms with Crippen LogP contribution in [0.25, 0.3) is 0 Å². The van der Waals surface area contributed by atoms with Gasteiger partial charge in [-0.3, -0.25) is 9.59 Å². The molecule has 0 aliphatic carbocycles. The Morgan fingerprint density at radius 2 is 1.94 bits per heavy atom. The van der Waals surface area contributed by atoms with Crippen molar-refractivity contribution in [3.63, 3.8) is 0 Å². The Morgan fingerprint density at radius 3 is 2.62 bits per heavy atom. The van der Waals surface area contributed by atoms with Crippen LogP contribution in [0.4, 0.5) is 0 Å². The van der Waals surface area contributed by atoms with Gasteiger partial charge in [-0.1, -0.05) is 30.3 Å². The van der Waals surface area contributed by atoms with Crippen LogP contribution in [0, 0.1) is 5.92 Å². The molecule has 1 aromatic carbocycles. The lowest BCUT2D eigenvalue weighted by Crippen LogP contribution is -2.44. The second-order valence-corrected chi connectivity index (χ2v) is 4.18. The van der Waals surface area contributed by atoms with Crippen molar-refractivity contribution in [1.29, 1.82) is 0 Å². The number of amides is 1. The first kappa shape index (κ1) is 10.9. The number of carbonyl (C=O) groups is 2. The highest BCUT2D eigenvalue weighted by Crippen LogP contribution is 2.16. The summed E-state index contributed by atoms with van der Waals surface area (Å²) in [7, 11) is 0. The fraction of sp³-hybridized carbons (Fsp3) is 0.385. The standard InChI is InChI=1S/C13H15NO2/c1-10-12(15)7-8-14(13(10)16)9-11-5-3-2-4-6-11/h2-6,10H,7-9H2,1H3. The SMILES string of the molecule is CC1C(=O)CCN(Cc2ccccc2)C1=O. The molecule has 16 heavy (non-hydrogen) atoms. The summed E-state index contributed by atoms with van der Waals surface area (Å²) in [5.41, 5.74) is 1.11. The van der Waals surface area contributed by atoms with Gasteiger partial charge in [0.25, 0.3) is 0 Å². The maximum absolute atomic E-state index is 11.8. The molecule has 0 radical (unpaired) electrons. The van der Waals surface area contributed by atoms with Crippen molar-refractivity contribution < 1.29 is 9.59 Å². The highest BCUT2D eigenvalue weighted by molar-refractivity contribution is 6.03. The third-order valence-electron chi connectivity index (χ3n) is 3.01. The van der Waals surface area contributed by atoms with Crippen molar-refractivity contribution in [3.8, 4) is 0 Å². The minimum Gasteiger partial charge on any atom is -0.337 e. The second kappa shape index (κ2) is 4.47. The molecule has 0 bridgehead atoms. The maximum Gasteiger partial charge on any atom is 0.233 e. The summed E-state index contributed by atoms with van der Waals surface area (Å²) >= 11 is 0. The first-order valence-electron chi connectivity index (χ1n) is 5.54. The molecule has 1 unspecified atom stereocenters. The highest BCUT2D eigenvalue weighted by atomic mass is 16.2. The van der Waals surface area contributed by atoms with Gasteiger partial charge >= 0.3 is 0 Å². The number of likely N-dealkylation sites (tertiary alicyclic amines) is 1. The van der Waals surface area contributed by atoms with Crippen LogP contribution in [-0.2, 0) is 16.1 Å². The summed E-state index contributed by atoms with van der Waals surface area (Å²) in [6.45, 7) is 2.86. The number of carbonyl (C=O) groups excluding carboxylic acids is 2. The van der Waals surface area contributed by atoms with Gasteiger partial charge in [0, 0.05) is 19.5 Å². The number of rotatable bonds is 2. The van der Waals surface area contributed by atoms with Crippen molar-refractivity contribution in [1.82, 2.24) is 4.90 Å². The Bertz CT molecular complexity index is 400. The molecule has 1 amide bonds. The Labute approximate surface area is 95.1 Å². The van der Waals surface area contributed by atoms with Gasteiger partial charge in [0.15, 0.2) is 0 Å². The molecule has 0 saturated carbocycles. The highest BCUT2D eigenvalue weighted by Gasteiger charge is 2.31. The molecule has 1 saturated heterocycles. The summed E-state index contributed by atoms with van der Waals surface area (Å²) in [6, 6.07) is 9.85. The molecule has 0 N–H and O–H groups in total. The van der Waals surface area contributed by atoms with Gasteiger partial charge in [0.1, 0.15) is 5.78 Å². The van der Waals surface area contributed by atoms with Crippen molar-refractivity contribution >= 4 is 11.7 Å². The molecule has 1 aliphatic rings. The van der Waals surface area contributed by atoms with Gasteiger partial charge in [-0.25, -0.2) is 0 Å². The number of hydrogen-bond donors (Lipinski definition) is 0. The Kier molecular flexibility index (Phi) is 3.04. The molecule has 1 aliphatic heterocycles. The van der Waals surface area contributed by atoms with Crippen LogP contribution in [-0.4, -0.2) is 23.1 Å². The quantitative estimate of drug-likeness (QED) is 0.706. The molecule has 3 heteroatoms. The molecule has 0 aromatic heterocycles. The lowest BCUT2D eigenvalue weighted by atomic mass is 9.97. The fourth-order valence-electron chi connectivity index (χ4n) is 1.94.